The number of aromatic nitrogens is 1. The van der Waals surface area contributed by atoms with Gasteiger partial charge in [-0.1, -0.05) is 11.6 Å². The van der Waals surface area contributed by atoms with Crippen LogP contribution in [0.5, 0.6) is 5.75 Å². The van der Waals surface area contributed by atoms with Gasteiger partial charge in [0.1, 0.15) is 11.4 Å². The Morgan fingerprint density at radius 1 is 1.22 bits per heavy atom. The Bertz CT molecular complexity index is 724. The first-order valence-corrected chi connectivity index (χ1v) is 6.86. The molecule has 1 heterocycles. The lowest BCUT2D eigenvalue weighted by Gasteiger charge is -2.06. The number of hydrogen-bond acceptors (Lipinski definition) is 5. The Hall–Kier alpha value is -2.80. The lowest BCUT2D eigenvalue weighted by molar-refractivity contribution is -0.123. The van der Waals surface area contributed by atoms with Gasteiger partial charge in [-0.3, -0.25) is 14.9 Å². The first-order valence-electron chi connectivity index (χ1n) is 6.49. The second-order valence-corrected chi connectivity index (χ2v) is 4.85. The summed E-state index contributed by atoms with van der Waals surface area (Å²) in [6, 6.07) is 7.57. The number of H-pyrrole nitrogens is 1. The first-order chi connectivity index (χ1) is 11.0. The van der Waals surface area contributed by atoms with E-state index in [1.54, 1.807) is 12.1 Å². The van der Waals surface area contributed by atoms with Gasteiger partial charge >= 0.3 is 5.97 Å². The van der Waals surface area contributed by atoms with E-state index in [0.29, 0.717) is 10.8 Å². The molecule has 0 bridgehead atoms. The van der Waals surface area contributed by atoms with Crippen molar-refractivity contribution in [1.82, 2.24) is 10.3 Å². The third-order valence-corrected chi connectivity index (χ3v) is 3.03. The molecule has 0 fully saturated rings. The highest BCUT2D eigenvalue weighted by atomic mass is 35.5. The van der Waals surface area contributed by atoms with Crippen LogP contribution in [-0.2, 0) is 9.53 Å². The van der Waals surface area contributed by atoms with Crippen molar-refractivity contribution in [2.24, 2.45) is 0 Å². The van der Waals surface area contributed by atoms with Crippen LogP contribution in [-0.4, -0.2) is 36.5 Å². The molecular weight excluding hydrogens is 324 g/mol. The average molecular weight is 337 g/mol. The van der Waals surface area contributed by atoms with Crippen LogP contribution in [0.15, 0.2) is 36.5 Å². The van der Waals surface area contributed by atoms with E-state index in [4.69, 9.17) is 21.1 Å². The number of aromatic amines is 1. The maximum atomic E-state index is 11.8. The van der Waals surface area contributed by atoms with Crippen molar-refractivity contribution in [2.75, 3.05) is 13.7 Å². The summed E-state index contributed by atoms with van der Waals surface area (Å²) < 4.78 is 9.73. The van der Waals surface area contributed by atoms with E-state index in [2.05, 4.69) is 10.3 Å². The summed E-state index contributed by atoms with van der Waals surface area (Å²) in [5.41, 5.74) is 0.394. The van der Waals surface area contributed by atoms with Crippen molar-refractivity contribution in [3.63, 3.8) is 0 Å². The van der Waals surface area contributed by atoms with Crippen molar-refractivity contribution in [2.45, 2.75) is 0 Å². The van der Waals surface area contributed by atoms with Gasteiger partial charge in [0.25, 0.3) is 11.8 Å². The zero-order valence-electron chi connectivity index (χ0n) is 12.1. The molecule has 8 heteroatoms. The SMILES string of the molecule is COc1ccc(C(=O)NC(=O)COC(=O)c2cc(Cl)c[nH]2)cc1. The number of rotatable bonds is 5. The maximum Gasteiger partial charge on any atom is 0.355 e. The summed E-state index contributed by atoms with van der Waals surface area (Å²) in [6.45, 7) is -0.586. The standard InChI is InChI=1S/C15H13ClN2O5/c1-22-11-4-2-9(3-5-11)14(20)18-13(19)8-23-15(21)12-6-10(16)7-17-12/h2-7,17H,8H2,1H3,(H,18,19,20). The molecule has 0 unspecified atom stereocenters. The minimum atomic E-state index is -0.746. The molecule has 7 nitrogen and oxygen atoms in total. The van der Waals surface area contributed by atoms with Gasteiger partial charge in [0, 0.05) is 11.8 Å². The van der Waals surface area contributed by atoms with Crippen molar-refractivity contribution in [3.8, 4) is 5.75 Å². The molecule has 1 aromatic carbocycles. The van der Waals surface area contributed by atoms with E-state index in [1.807, 2.05) is 0 Å². The lowest BCUT2D eigenvalue weighted by atomic mass is 10.2. The number of nitrogens with one attached hydrogen (secondary N) is 2. The number of methoxy groups -OCH3 is 1. The van der Waals surface area contributed by atoms with E-state index in [-0.39, 0.29) is 11.3 Å². The van der Waals surface area contributed by atoms with Gasteiger partial charge in [-0.05, 0) is 30.3 Å². The van der Waals surface area contributed by atoms with Crippen molar-refractivity contribution >= 4 is 29.4 Å². The predicted octanol–water partition coefficient (Wildman–Crippen LogP) is 1.79. The highest BCUT2D eigenvalue weighted by Crippen LogP contribution is 2.11. The number of ether oxygens (including phenoxy) is 2. The summed E-state index contributed by atoms with van der Waals surface area (Å²) in [5.74, 6) is -1.50. The molecule has 2 N–H and O–H groups in total. The van der Waals surface area contributed by atoms with Crippen LogP contribution >= 0.6 is 11.6 Å². The first kappa shape index (κ1) is 16.6. The molecule has 0 saturated heterocycles. The summed E-state index contributed by atoms with van der Waals surface area (Å²) in [7, 11) is 1.50. The van der Waals surface area contributed by atoms with Crippen LogP contribution in [0.25, 0.3) is 0 Å². The van der Waals surface area contributed by atoms with E-state index in [9.17, 15) is 14.4 Å². The van der Waals surface area contributed by atoms with Gasteiger partial charge in [0.2, 0.25) is 0 Å². The normalized spacial score (nSPS) is 10.0. The number of halogens is 1. The van der Waals surface area contributed by atoms with E-state index < -0.39 is 24.4 Å². The molecule has 0 aliphatic heterocycles. The largest absolute Gasteiger partial charge is 0.497 e. The van der Waals surface area contributed by atoms with Crippen LogP contribution < -0.4 is 10.1 Å². The van der Waals surface area contributed by atoms with E-state index in [0.717, 1.165) is 0 Å². The fraction of sp³-hybridized carbons (Fsp3) is 0.133. The maximum absolute atomic E-state index is 11.8. The van der Waals surface area contributed by atoms with Gasteiger partial charge in [-0.2, -0.15) is 0 Å². The molecule has 23 heavy (non-hydrogen) atoms. The quantitative estimate of drug-likeness (QED) is 0.811. The number of carbonyl (C=O) groups excluding carboxylic acids is 3. The number of hydrogen-bond donors (Lipinski definition) is 2. The Morgan fingerprint density at radius 3 is 2.48 bits per heavy atom. The molecule has 0 radical (unpaired) electrons. The Kier molecular flexibility index (Phi) is 5.37. The second-order valence-electron chi connectivity index (χ2n) is 4.41. The molecule has 2 rings (SSSR count). The molecule has 120 valence electrons. The van der Waals surface area contributed by atoms with E-state index >= 15 is 0 Å². The van der Waals surface area contributed by atoms with Crippen LogP contribution in [0.2, 0.25) is 5.02 Å². The van der Waals surface area contributed by atoms with Gasteiger partial charge in [0.05, 0.1) is 12.1 Å². The predicted molar refractivity (Wildman–Crippen MR) is 81.6 cm³/mol. The smallest absolute Gasteiger partial charge is 0.355 e. The van der Waals surface area contributed by atoms with Crippen molar-refractivity contribution < 1.29 is 23.9 Å². The van der Waals surface area contributed by atoms with Crippen molar-refractivity contribution in [1.29, 1.82) is 0 Å². The third-order valence-electron chi connectivity index (χ3n) is 2.81. The average Bonchev–Trinajstić information content (AvgIpc) is 2.99. The topological polar surface area (TPSA) is 97.5 Å². The minimum absolute atomic E-state index is 0.115. The monoisotopic (exact) mass is 336 g/mol. The number of amides is 2. The zero-order valence-corrected chi connectivity index (χ0v) is 12.8. The molecule has 0 aliphatic rings. The highest BCUT2D eigenvalue weighted by molar-refractivity contribution is 6.30. The molecule has 2 amide bonds. The fourth-order valence-electron chi connectivity index (χ4n) is 1.67. The van der Waals surface area contributed by atoms with Crippen LogP contribution in [0.1, 0.15) is 20.8 Å². The molecule has 0 spiro atoms. The number of imide groups is 1. The van der Waals surface area contributed by atoms with Crippen LogP contribution in [0.4, 0.5) is 0 Å². The molecule has 0 aliphatic carbocycles. The highest BCUT2D eigenvalue weighted by Gasteiger charge is 2.14. The van der Waals surface area contributed by atoms with Crippen LogP contribution in [0.3, 0.4) is 0 Å². The molecule has 2 aromatic rings. The van der Waals surface area contributed by atoms with Gasteiger partial charge in [-0.15, -0.1) is 0 Å². The van der Waals surface area contributed by atoms with Gasteiger partial charge in [-0.25, -0.2) is 4.79 Å². The Balaban J connectivity index is 1.84. The fourth-order valence-corrected chi connectivity index (χ4v) is 1.84. The molecular formula is C15H13ClN2O5. The molecule has 0 atom stereocenters. The lowest BCUT2D eigenvalue weighted by Crippen LogP contribution is -2.34. The van der Waals surface area contributed by atoms with Gasteiger partial charge < -0.3 is 14.5 Å². The van der Waals surface area contributed by atoms with E-state index in [1.165, 1.54) is 31.5 Å². The number of benzene rings is 1. The number of esters is 1. The Labute approximate surface area is 136 Å². The third kappa shape index (κ3) is 4.58. The van der Waals surface area contributed by atoms with Crippen LogP contribution in [0, 0.1) is 0 Å². The molecule has 1 aromatic heterocycles. The summed E-state index contributed by atoms with van der Waals surface area (Å²) in [6.07, 6.45) is 1.41. The second kappa shape index (κ2) is 7.46. The minimum Gasteiger partial charge on any atom is -0.497 e. The van der Waals surface area contributed by atoms with Crippen molar-refractivity contribution in [3.05, 3.63) is 52.8 Å². The molecule has 0 saturated carbocycles. The summed E-state index contributed by atoms with van der Waals surface area (Å²) >= 11 is 5.65. The van der Waals surface area contributed by atoms with Gasteiger partial charge in [0.15, 0.2) is 6.61 Å². The number of carbonyl (C=O) groups is 3. The summed E-state index contributed by atoms with van der Waals surface area (Å²) in [5, 5.41) is 2.46. The summed E-state index contributed by atoms with van der Waals surface area (Å²) in [4.78, 5) is 37.6. The zero-order chi connectivity index (χ0) is 16.8. The Morgan fingerprint density at radius 2 is 1.91 bits per heavy atom.